The maximum atomic E-state index is 14.0. The summed E-state index contributed by atoms with van der Waals surface area (Å²) in [6.45, 7) is 2.69. The minimum atomic E-state index is -0.244. The molecule has 29 heavy (non-hydrogen) atoms. The van der Waals surface area contributed by atoms with Crippen molar-refractivity contribution in [2.75, 3.05) is 36.4 Å². The van der Waals surface area contributed by atoms with Crippen molar-refractivity contribution in [3.63, 3.8) is 0 Å². The van der Waals surface area contributed by atoms with Gasteiger partial charge in [-0.05, 0) is 36.4 Å². The minimum Gasteiger partial charge on any atom is -0.366 e. The van der Waals surface area contributed by atoms with E-state index in [1.807, 2.05) is 29.2 Å². The van der Waals surface area contributed by atoms with E-state index in [9.17, 15) is 9.18 Å². The summed E-state index contributed by atoms with van der Waals surface area (Å²) in [5, 5.41) is 11.3. The van der Waals surface area contributed by atoms with Crippen LogP contribution in [-0.4, -0.2) is 52.2 Å². The van der Waals surface area contributed by atoms with E-state index in [-0.39, 0.29) is 11.7 Å². The van der Waals surface area contributed by atoms with Crippen molar-refractivity contribution < 1.29 is 9.18 Å². The molecule has 1 aliphatic heterocycles. The smallest absolute Gasteiger partial charge is 0.274 e. The molecule has 0 aliphatic carbocycles. The number of hydrogen-bond acceptors (Lipinski definition) is 6. The van der Waals surface area contributed by atoms with Crippen LogP contribution in [0.25, 0.3) is 0 Å². The molecule has 3 heterocycles. The first-order valence-corrected chi connectivity index (χ1v) is 9.47. The fraction of sp³-hybridized carbons (Fsp3) is 0.238. The molecule has 148 valence electrons. The minimum absolute atomic E-state index is 0.165. The molecule has 7 nitrogen and oxygen atoms in total. The van der Waals surface area contributed by atoms with Gasteiger partial charge in [-0.15, -0.1) is 10.2 Å². The summed E-state index contributed by atoms with van der Waals surface area (Å²) in [5.74, 6) is 0.172. The van der Waals surface area contributed by atoms with Gasteiger partial charge < -0.3 is 15.1 Å². The van der Waals surface area contributed by atoms with E-state index in [4.69, 9.17) is 0 Å². The van der Waals surface area contributed by atoms with E-state index < -0.39 is 0 Å². The third-order valence-electron chi connectivity index (χ3n) is 4.82. The van der Waals surface area contributed by atoms with Gasteiger partial charge in [-0.25, -0.2) is 4.39 Å². The van der Waals surface area contributed by atoms with Gasteiger partial charge in [-0.1, -0.05) is 18.2 Å². The Labute approximate surface area is 168 Å². The monoisotopic (exact) mass is 392 g/mol. The van der Waals surface area contributed by atoms with E-state index >= 15 is 0 Å². The molecule has 0 bridgehead atoms. The van der Waals surface area contributed by atoms with Crippen molar-refractivity contribution in [2.24, 2.45) is 0 Å². The Morgan fingerprint density at radius 1 is 0.966 bits per heavy atom. The van der Waals surface area contributed by atoms with Crippen LogP contribution >= 0.6 is 0 Å². The highest BCUT2D eigenvalue weighted by atomic mass is 19.1. The number of nitrogens with one attached hydrogen (secondary N) is 1. The summed E-state index contributed by atoms with van der Waals surface area (Å²) in [4.78, 5) is 20.6. The maximum absolute atomic E-state index is 14.0. The van der Waals surface area contributed by atoms with Crippen molar-refractivity contribution in [1.29, 1.82) is 0 Å². The topological polar surface area (TPSA) is 74.2 Å². The first-order chi connectivity index (χ1) is 14.2. The molecular weight excluding hydrogens is 371 g/mol. The molecule has 0 unspecified atom stereocenters. The van der Waals surface area contributed by atoms with Crippen LogP contribution in [-0.2, 0) is 6.54 Å². The van der Waals surface area contributed by atoms with Crippen LogP contribution < -0.4 is 10.2 Å². The highest BCUT2D eigenvalue weighted by Gasteiger charge is 2.24. The number of nitrogens with zero attached hydrogens (tertiary/aromatic N) is 5. The molecule has 0 saturated carbocycles. The second-order valence-electron chi connectivity index (χ2n) is 6.71. The van der Waals surface area contributed by atoms with E-state index in [1.165, 1.54) is 6.07 Å². The number of aromatic nitrogens is 3. The number of benzene rings is 1. The standard InChI is InChI=1S/C21H21FN6O/c22-17-6-1-2-7-19(17)27-11-13-28(14-12-27)21(29)18-8-9-20(26-25-18)24-15-16-5-3-4-10-23-16/h1-10H,11-15H2,(H,24,26). The van der Waals surface area contributed by atoms with Gasteiger partial charge in [0.1, 0.15) is 11.6 Å². The predicted octanol–water partition coefficient (Wildman–Crippen LogP) is 2.59. The van der Waals surface area contributed by atoms with E-state index in [0.717, 1.165) is 5.69 Å². The largest absolute Gasteiger partial charge is 0.366 e. The molecule has 1 amide bonds. The normalized spacial score (nSPS) is 14.0. The van der Waals surface area contributed by atoms with Crippen molar-refractivity contribution >= 4 is 17.4 Å². The van der Waals surface area contributed by atoms with Crippen LogP contribution in [0.3, 0.4) is 0 Å². The fourth-order valence-electron chi connectivity index (χ4n) is 3.25. The summed E-state index contributed by atoms with van der Waals surface area (Å²) >= 11 is 0. The maximum Gasteiger partial charge on any atom is 0.274 e. The number of anilines is 2. The van der Waals surface area contributed by atoms with Crippen molar-refractivity contribution in [3.05, 3.63) is 78.0 Å². The number of hydrogen-bond donors (Lipinski definition) is 1. The van der Waals surface area contributed by atoms with Crippen LogP contribution in [0.4, 0.5) is 15.9 Å². The number of piperazine rings is 1. The number of amides is 1. The van der Waals surface area contributed by atoms with Gasteiger partial charge in [0, 0.05) is 32.4 Å². The van der Waals surface area contributed by atoms with Gasteiger partial charge in [-0.3, -0.25) is 9.78 Å². The van der Waals surface area contributed by atoms with Gasteiger partial charge in [0.15, 0.2) is 5.69 Å². The molecule has 3 aromatic rings. The molecule has 8 heteroatoms. The molecule has 1 fully saturated rings. The Morgan fingerprint density at radius 2 is 1.76 bits per heavy atom. The Kier molecular flexibility index (Phi) is 5.60. The highest BCUT2D eigenvalue weighted by molar-refractivity contribution is 5.92. The van der Waals surface area contributed by atoms with Gasteiger partial charge in [-0.2, -0.15) is 0 Å². The van der Waals surface area contributed by atoms with Crippen LogP contribution in [0.15, 0.2) is 60.8 Å². The zero-order valence-corrected chi connectivity index (χ0v) is 15.8. The number of carbonyl (C=O) groups is 1. The molecule has 1 N–H and O–H groups in total. The molecule has 1 aromatic carbocycles. The first kappa shape index (κ1) is 18.8. The average Bonchev–Trinajstić information content (AvgIpc) is 2.79. The zero-order valence-electron chi connectivity index (χ0n) is 15.8. The van der Waals surface area contributed by atoms with Crippen LogP contribution in [0.1, 0.15) is 16.2 Å². The molecule has 1 aliphatic rings. The molecule has 2 aromatic heterocycles. The van der Waals surface area contributed by atoms with Crippen LogP contribution in [0.2, 0.25) is 0 Å². The average molecular weight is 392 g/mol. The Hall–Kier alpha value is -3.55. The van der Waals surface area contributed by atoms with Gasteiger partial charge in [0.2, 0.25) is 0 Å². The summed E-state index contributed by atoms with van der Waals surface area (Å²) in [7, 11) is 0. The molecule has 0 radical (unpaired) electrons. The van der Waals surface area contributed by atoms with Gasteiger partial charge in [0.25, 0.3) is 5.91 Å². The fourth-order valence-corrected chi connectivity index (χ4v) is 3.25. The molecule has 4 rings (SSSR count). The van der Waals surface area contributed by atoms with E-state index in [2.05, 4.69) is 20.5 Å². The Morgan fingerprint density at radius 3 is 2.45 bits per heavy atom. The van der Waals surface area contributed by atoms with E-state index in [0.29, 0.717) is 49.9 Å². The lowest BCUT2D eigenvalue weighted by Gasteiger charge is -2.36. The van der Waals surface area contributed by atoms with Crippen molar-refractivity contribution in [3.8, 4) is 0 Å². The lowest BCUT2D eigenvalue weighted by atomic mass is 10.2. The van der Waals surface area contributed by atoms with Gasteiger partial charge in [0.05, 0.1) is 17.9 Å². The summed E-state index contributed by atoms with van der Waals surface area (Å²) in [5.41, 5.74) is 1.76. The number of pyridine rings is 1. The number of rotatable bonds is 5. The van der Waals surface area contributed by atoms with Gasteiger partial charge >= 0.3 is 0 Å². The molecule has 1 saturated heterocycles. The zero-order chi connectivity index (χ0) is 20.1. The lowest BCUT2D eigenvalue weighted by Crippen LogP contribution is -2.49. The number of halogens is 1. The Balaban J connectivity index is 1.32. The highest BCUT2D eigenvalue weighted by Crippen LogP contribution is 2.20. The summed E-state index contributed by atoms with van der Waals surface area (Å²) in [6, 6.07) is 15.8. The Bertz CT molecular complexity index is 958. The number of carbonyl (C=O) groups excluding carboxylic acids is 1. The van der Waals surface area contributed by atoms with E-state index in [1.54, 1.807) is 35.4 Å². The molecular formula is C21H21FN6O. The first-order valence-electron chi connectivity index (χ1n) is 9.47. The lowest BCUT2D eigenvalue weighted by molar-refractivity contribution is 0.0739. The quantitative estimate of drug-likeness (QED) is 0.720. The SMILES string of the molecule is O=C(c1ccc(NCc2ccccn2)nn1)N1CCN(c2ccccc2F)CC1. The number of para-hydroxylation sites is 1. The van der Waals surface area contributed by atoms with Crippen LogP contribution in [0, 0.1) is 5.82 Å². The second-order valence-corrected chi connectivity index (χ2v) is 6.71. The second kappa shape index (κ2) is 8.64. The molecule has 0 atom stereocenters. The van der Waals surface area contributed by atoms with Crippen molar-refractivity contribution in [1.82, 2.24) is 20.1 Å². The molecule has 0 spiro atoms. The summed E-state index contributed by atoms with van der Waals surface area (Å²) in [6.07, 6.45) is 1.73. The summed E-state index contributed by atoms with van der Waals surface area (Å²) < 4.78 is 14.0. The third-order valence-corrected chi connectivity index (χ3v) is 4.82. The van der Waals surface area contributed by atoms with Crippen LogP contribution in [0.5, 0.6) is 0 Å². The third kappa shape index (κ3) is 4.48. The van der Waals surface area contributed by atoms with Crippen molar-refractivity contribution in [2.45, 2.75) is 6.54 Å². The predicted molar refractivity (Wildman–Crippen MR) is 108 cm³/mol.